The molecule has 2 N–H and O–H groups in total. The molecular formula is C22H23ClF3N3O4. The summed E-state index contributed by atoms with van der Waals surface area (Å²) in [4.78, 5) is 38.5. The van der Waals surface area contributed by atoms with Gasteiger partial charge < -0.3 is 19.9 Å². The van der Waals surface area contributed by atoms with Gasteiger partial charge in [0.25, 0.3) is 17.6 Å². The van der Waals surface area contributed by atoms with E-state index in [0.29, 0.717) is 16.4 Å². The van der Waals surface area contributed by atoms with Gasteiger partial charge in [0.2, 0.25) is 0 Å². The van der Waals surface area contributed by atoms with Crippen molar-refractivity contribution < 1.29 is 32.3 Å². The molecular weight excluding hydrogens is 463 g/mol. The number of carbonyl (C=O) groups excluding carboxylic acids is 3. The van der Waals surface area contributed by atoms with Gasteiger partial charge in [0.05, 0.1) is 11.3 Å². The van der Waals surface area contributed by atoms with E-state index in [9.17, 15) is 27.6 Å². The van der Waals surface area contributed by atoms with Gasteiger partial charge in [-0.15, -0.1) is 0 Å². The summed E-state index contributed by atoms with van der Waals surface area (Å²) in [5.74, 6) is -3.09. The van der Waals surface area contributed by atoms with Crippen molar-refractivity contribution in [2.45, 2.75) is 38.4 Å². The zero-order chi connectivity index (χ0) is 24.6. The van der Waals surface area contributed by atoms with E-state index in [1.807, 2.05) is 5.32 Å². The molecule has 0 saturated carbocycles. The Balaban J connectivity index is 1.89. The van der Waals surface area contributed by atoms with Crippen LogP contribution in [0.1, 0.15) is 44.9 Å². The van der Waals surface area contributed by atoms with Crippen molar-refractivity contribution in [1.82, 2.24) is 9.88 Å². The van der Waals surface area contributed by atoms with Gasteiger partial charge in [-0.2, -0.15) is 13.2 Å². The number of ketones is 1. The van der Waals surface area contributed by atoms with Gasteiger partial charge in [-0.1, -0.05) is 17.7 Å². The number of halogens is 4. The molecule has 33 heavy (non-hydrogen) atoms. The Kier molecular flexibility index (Phi) is 6.90. The minimum atomic E-state index is -4.76. The quantitative estimate of drug-likeness (QED) is 0.495. The van der Waals surface area contributed by atoms with Crippen LogP contribution in [0.2, 0.25) is 5.02 Å². The molecule has 1 fully saturated rings. The minimum Gasteiger partial charge on any atom is -0.381 e. The molecule has 1 aliphatic rings. The van der Waals surface area contributed by atoms with Gasteiger partial charge in [0.1, 0.15) is 5.54 Å². The molecule has 1 aromatic heterocycles. The van der Waals surface area contributed by atoms with Crippen LogP contribution < -0.4 is 10.6 Å². The number of carbonyl (C=O) groups is 3. The van der Waals surface area contributed by atoms with Crippen molar-refractivity contribution in [3.63, 3.8) is 0 Å². The standard InChI is InChI=1S/C22H23ClF3N3O4/c1-12-16(19(31)27-15-6-4-5-14(23)11-15)13(2)29(3)17(12)18(30)20(32)28-21(22(24,25)26)7-9-33-10-8-21/h4-6,11H,7-10H2,1-3H3,(H,27,31)(H,28,32). The summed E-state index contributed by atoms with van der Waals surface area (Å²) in [5, 5.41) is 4.99. The van der Waals surface area contributed by atoms with Crippen molar-refractivity contribution in [1.29, 1.82) is 0 Å². The van der Waals surface area contributed by atoms with Gasteiger partial charge in [0.15, 0.2) is 0 Å². The first kappa shape index (κ1) is 24.8. The highest BCUT2D eigenvalue weighted by Gasteiger charge is 2.56. The number of Topliss-reactive ketones (excluding diaryl/α,β-unsaturated/α-hetero) is 1. The molecule has 0 radical (unpaired) electrons. The van der Waals surface area contributed by atoms with Crippen LogP contribution in [0, 0.1) is 13.8 Å². The van der Waals surface area contributed by atoms with Crippen LogP contribution in [-0.4, -0.2) is 47.1 Å². The van der Waals surface area contributed by atoms with Crippen molar-refractivity contribution in [2.24, 2.45) is 7.05 Å². The maximum absolute atomic E-state index is 13.7. The molecule has 0 spiro atoms. The Morgan fingerprint density at radius 1 is 1.15 bits per heavy atom. The highest BCUT2D eigenvalue weighted by atomic mass is 35.5. The van der Waals surface area contributed by atoms with E-state index in [0.717, 1.165) is 0 Å². The van der Waals surface area contributed by atoms with Crippen molar-refractivity contribution in [2.75, 3.05) is 18.5 Å². The molecule has 2 aromatic rings. The number of rotatable bonds is 5. The molecule has 1 aromatic carbocycles. The predicted molar refractivity (Wildman–Crippen MR) is 116 cm³/mol. The van der Waals surface area contributed by atoms with Crippen LogP contribution in [0.3, 0.4) is 0 Å². The fraction of sp³-hybridized carbons (Fsp3) is 0.409. The van der Waals surface area contributed by atoms with Crippen molar-refractivity contribution >= 4 is 34.9 Å². The fourth-order valence-electron chi connectivity index (χ4n) is 3.97. The third-order valence-electron chi connectivity index (χ3n) is 5.90. The first-order valence-electron chi connectivity index (χ1n) is 10.1. The minimum absolute atomic E-state index is 0.144. The van der Waals surface area contributed by atoms with E-state index >= 15 is 0 Å². The molecule has 7 nitrogen and oxygen atoms in total. The zero-order valence-electron chi connectivity index (χ0n) is 18.2. The number of anilines is 1. The van der Waals surface area contributed by atoms with E-state index in [4.69, 9.17) is 16.3 Å². The fourth-order valence-corrected chi connectivity index (χ4v) is 4.16. The van der Waals surface area contributed by atoms with Crippen LogP contribution in [0.25, 0.3) is 0 Å². The topological polar surface area (TPSA) is 89.4 Å². The maximum Gasteiger partial charge on any atom is 0.411 e. The number of benzene rings is 1. The number of alkyl halides is 3. The summed E-state index contributed by atoms with van der Waals surface area (Å²) in [6.07, 6.45) is -5.74. The van der Waals surface area contributed by atoms with Crippen LogP contribution in [0.15, 0.2) is 24.3 Å². The van der Waals surface area contributed by atoms with Gasteiger partial charge in [0, 0.05) is 49.5 Å². The molecule has 0 unspecified atom stereocenters. The van der Waals surface area contributed by atoms with E-state index < -0.39 is 42.2 Å². The molecule has 3 rings (SSSR count). The summed E-state index contributed by atoms with van der Waals surface area (Å²) in [5.41, 5.74) is -1.58. The monoisotopic (exact) mass is 485 g/mol. The number of ether oxygens (including phenoxy) is 1. The second-order valence-electron chi connectivity index (χ2n) is 7.93. The van der Waals surface area contributed by atoms with E-state index in [-0.39, 0.29) is 30.0 Å². The highest BCUT2D eigenvalue weighted by Crippen LogP contribution is 2.38. The first-order chi connectivity index (χ1) is 15.4. The lowest BCUT2D eigenvalue weighted by molar-refractivity contribution is -0.216. The number of nitrogens with zero attached hydrogens (tertiary/aromatic N) is 1. The van der Waals surface area contributed by atoms with Crippen LogP contribution in [0.4, 0.5) is 18.9 Å². The molecule has 0 aliphatic carbocycles. The molecule has 1 aliphatic heterocycles. The normalized spacial score (nSPS) is 15.7. The Hall–Kier alpha value is -2.85. The first-order valence-corrected chi connectivity index (χ1v) is 10.5. The second-order valence-corrected chi connectivity index (χ2v) is 8.37. The highest BCUT2D eigenvalue weighted by molar-refractivity contribution is 6.43. The lowest BCUT2D eigenvalue weighted by Crippen LogP contribution is -2.62. The van der Waals surface area contributed by atoms with Crippen molar-refractivity contribution in [3.05, 3.63) is 51.8 Å². The summed E-state index contributed by atoms with van der Waals surface area (Å²) < 4.78 is 47.5. The Morgan fingerprint density at radius 2 is 1.79 bits per heavy atom. The smallest absolute Gasteiger partial charge is 0.381 e. The molecule has 0 atom stereocenters. The number of amides is 2. The van der Waals surface area contributed by atoms with Crippen LogP contribution in [-0.2, 0) is 16.6 Å². The number of hydrogen-bond donors (Lipinski definition) is 2. The number of aromatic nitrogens is 1. The largest absolute Gasteiger partial charge is 0.411 e. The third-order valence-corrected chi connectivity index (χ3v) is 6.14. The summed E-state index contributed by atoms with van der Waals surface area (Å²) in [7, 11) is 1.47. The van der Waals surface area contributed by atoms with Gasteiger partial charge >= 0.3 is 6.18 Å². The molecule has 11 heteroatoms. The summed E-state index contributed by atoms with van der Waals surface area (Å²) in [6, 6.07) is 6.45. The lowest BCUT2D eigenvalue weighted by atomic mass is 9.89. The van der Waals surface area contributed by atoms with Crippen molar-refractivity contribution in [3.8, 4) is 0 Å². The Morgan fingerprint density at radius 3 is 2.36 bits per heavy atom. The second kappa shape index (κ2) is 9.18. The van der Waals surface area contributed by atoms with Gasteiger partial charge in [-0.3, -0.25) is 14.4 Å². The third kappa shape index (κ3) is 4.77. The molecule has 2 heterocycles. The molecule has 0 bridgehead atoms. The molecule has 1 saturated heterocycles. The molecule has 178 valence electrons. The Bertz CT molecular complexity index is 1110. The summed E-state index contributed by atoms with van der Waals surface area (Å²) in [6.45, 7) is 2.66. The average Bonchev–Trinajstić information content (AvgIpc) is 2.95. The number of nitrogens with one attached hydrogen (secondary N) is 2. The summed E-state index contributed by atoms with van der Waals surface area (Å²) >= 11 is 5.93. The predicted octanol–water partition coefficient (Wildman–Crippen LogP) is 3.96. The SMILES string of the molecule is Cc1c(C(=O)Nc2cccc(Cl)c2)c(C)n(C)c1C(=O)C(=O)NC1(C(F)(F)F)CCOCC1. The number of hydrogen-bond acceptors (Lipinski definition) is 4. The van der Waals surface area contributed by atoms with E-state index in [1.165, 1.54) is 24.6 Å². The molecule has 2 amide bonds. The van der Waals surface area contributed by atoms with E-state index in [1.54, 1.807) is 25.1 Å². The van der Waals surface area contributed by atoms with Crippen LogP contribution in [0.5, 0.6) is 0 Å². The van der Waals surface area contributed by atoms with Gasteiger partial charge in [-0.05, 0) is 37.6 Å². The van der Waals surface area contributed by atoms with Gasteiger partial charge in [-0.25, -0.2) is 0 Å². The zero-order valence-corrected chi connectivity index (χ0v) is 19.0. The van der Waals surface area contributed by atoms with E-state index in [2.05, 4.69) is 5.32 Å². The lowest BCUT2D eigenvalue weighted by Gasteiger charge is -2.39. The Labute approximate surface area is 193 Å². The maximum atomic E-state index is 13.7. The van der Waals surface area contributed by atoms with Crippen LogP contribution >= 0.6 is 11.6 Å². The average molecular weight is 486 g/mol.